The number of pyridine rings is 1. The lowest BCUT2D eigenvalue weighted by Crippen LogP contribution is -2.23. The Balaban J connectivity index is 1.58. The highest BCUT2D eigenvalue weighted by molar-refractivity contribution is 6.52. The van der Waals surface area contributed by atoms with Crippen molar-refractivity contribution in [3.05, 3.63) is 66.1 Å². The first-order valence-electron chi connectivity index (χ1n) is 9.15. The molecule has 0 saturated heterocycles. The second-order valence-electron chi connectivity index (χ2n) is 6.71. The lowest BCUT2D eigenvalue weighted by atomic mass is 10.1. The van der Waals surface area contributed by atoms with Gasteiger partial charge in [-0.15, -0.1) is 5.10 Å². The average molecular weight is 412 g/mol. The number of fused-ring (bicyclic) bond motifs is 1. The van der Waals surface area contributed by atoms with Crippen LogP contribution < -0.4 is 9.88 Å². The van der Waals surface area contributed by atoms with Gasteiger partial charge < -0.3 is 10.4 Å². The largest absolute Gasteiger partial charge is 0.506 e. The molecule has 0 aliphatic heterocycles. The van der Waals surface area contributed by atoms with Gasteiger partial charge in [0, 0.05) is 25.2 Å². The van der Waals surface area contributed by atoms with E-state index < -0.39 is 5.78 Å². The minimum atomic E-state index is -0.409. The van der Waals surface area contributed by atoms with Gasteiger partial charge in [0.2, 0.25) is 12.1 Å². The standard InChI is InChI=1S/C20H19ClN6O2/c1-25-9-10-26(13-25)7-4-6-22-20-19(16-5-2-3-8-27(16)24-20)23-15-11-14(21)17(28)12-18(15)29/h2-3,5,8-13H,4,6-7H2,1H3,(H-,22,24,28,29)/p+1. The minimum absolute atomic E-state index is 0.0780. The average Bonchev–Trinajstić information content (AvgIpc) is 3.27. The molecule has 9 heteroatoms. The van der Waals surface area contributed by atoms with Gasteiger partial charge in [-0.25, -0.2) is 18.6 Å². The monoisotopic (exact) mass is 411 g/mol. The fraction of sp³-hybridized carbons (Fsp3) is 0.200. The summed E-state index contributed by atoms with van der Waals surface area (Å²) >= 11 is 5.96. The molecular formula is C20H20ClN6O2+. The zero-order valence-electron chi connectivity index (χ0n) is 15.8. The van der Waals surface area contributed by atoms with Crippen LogP contribution in [0.25, 0.3) is 5.52 Å². The number of hydrogen-bond donors (Lipinski definition) is 2. The minimum Gasteiger partial charge on any atom is -0.506 e. The fourth-order valence-corrected chi connectivity index (χ4v) is 3.22. The van der Waals surface area contributed by atoms with Crippen molar-refractivity contribution in [2.45, 2.75) is 13.0 Å². The molecule has 0 unspecified atom stereocenters. The van der Waals surface area contributed by atoms with Crippen molar-refractivity contribution < 1.29 is 14.5 Å². The predicted octanol–water partition coefficient (Wildman–Crippen LogP) is 2.68. The molecule has 3 aromatic rings. The van der Waals surface area contributed by atoms with Gasteiger partial charge in [-0.1, -0.05) is 17.7 Å². The van der Waals surface area contributed by atoms with E-state index in [1.165, 1.54) is 6.08 Å². The van der Waals surface area contributed by atoms with Crippen LogP contribution in [0.3, 0.4) is 0 Å². The van der Waals surface area contributed by atoms with Gasteiger partial charge in [0.25, 0.3) is 0 Å². The molecule has 0 bridgehead atoms. The normalized spacial score (nSPS) is 15.7. The van der Waals surface area contributed by atoms with Gasteiger partial charge in [0.1, 0.15) is 29.6 Å². The van der Waals surface area contributed by atoms with E-state index in [4.69, 9.17) is 11.6 Å². The van der Waals surface area contributed by atoms with E-state index in [0.717, 1.165) is 24.6 Å². The van der Waals surface area contributed by atoms with Gasteiger partial charge in [-0.3, -0.25) is 4.79 Å². The molecule has 0 amide bonds. The Hall–Kier alpha value is -3.39. The van der Waals surface area contributed by atoms with E-state index in [1.807, 2.05) is 54.7 Å². The first-order valence-corrected chi connectivity index (χ1v) is 9.52. The molecule has 0 spiro atoms. The van der Waals surface area contributed by atoms with Crippen LogP contribution in [0, 0.1) is 0 Å². The summed E-state index contributed by atoms with van der Waals surface area (Å²) in [5, 5.41) is 17.5. The Labute approximate surface area is 172 Å². The van der Waals surface area contributed by atoms with Crippen LogP contribution in [0.1, 0.15) is 6.42 Å². The quantitative estimate of drug-likeness (QED) is 0.371. The van der Waals surface area contributed by atoms with Gasteiger partial charge in [-0.05, 0) is 18.2 Å². The number of rotatable bonds is 6. The molecule has 4 rings (SSSR count). The Morgan fingerprint density at radius 1 is 1.31 bits per heavy atom. The summed E-state index contributed by atoms with van der Waals surface area (Å²) < 4.78 is 5.81. The molecule has 0 aromatic carbocycles. The second-order valence-corrected chi connectivity index (χ2v) is 7.12. The number of aliphatic hydroxyl groups excluding tert-OH is 1. The Morgan fingerprint density at radius 3 is 2.97 bits per heavy atom. The number of hydrogen-bond acceptors (Lipinski definition) is 5. The number of ketones is 1. The smallest absolute Gasteiger partial charge is 0.243 e. The molecule has 2 N–H and O–H groups in total. The van der Waals surface area contributed by atoms with Crippen LogP contribution >= 0.6 is 11.6 Å². The van der Waals surface area contributed by atoms with Gasteiger partial charge >= 0.3 is 0 Å². The summed E-state index contributed by atoms with van der Waals surface area (Å²) in [5.41, 5.74) is 1.46. The molecule has 0 fully saturated rings. The Kier molecular flexibility index (Phi) is 5.18. The lowest BCUT2D eigenvalue weighted by molar-refractivity contribution is -0.671. The van der Waals surface area contributed by atoms with Crippen molar-refractivity contribution in [1.29, 1.82) is 0 Å². The van der Waals surface area contributed by atoms with Crippen LogP contribution in [0.2, 0.25) is 0 Å². The highest BCUT2D eigenvalue weighted by Gasteiger charge is 2.19. The zero-order chi connectivity index (χ0) is 20.4. The molecule has 8 nitrogen and oxygen atoms in total. The molecular weight excluding hydrogens is 392 g/mol. The number of anilines is 1. The van der Waals surface area contributed by atoms with Crippen molar-refractivity contribution in [3.63, 3.8) is 0 Å². The summed E-state index contributed by atoms with van der Waals surface area (Å²) in [6.07, 6.45) is 11.2. The molecule has 3 aromatic heterocycles. The summed E-state index contributed by atoms with van der Waals surface area (Å²) in [6, 6.07) is 5.63. The maximum Gasteiger partial charge on any atom is 0.243 e. The van der Waals surface area contributed by atoms with Crippen LogP contribution in [0.5, 0.6) is 0 Å². The van der Waals surface area contributed by atoms with Crippen molar-refractivity contribution >= 4 is 40.1 Å². The van der Waals surface area contributed by atoms with E-state index in [2.05, 4.69) is 20.0 Å². The van der Waals surface area contributed by atoms with Crippen molar-refractivity contribution in [3.8, 4) is 0 Å². The summed E-state index contributed by atoms with van der Waals surface area (Å²) in [4.78, 5) is 16.7. The topological polar surface area (TPSA) is 87.8 Å². The number of carbonyl (C=O) groups excluding carboxylic acids is 1. The van der Waals surface area contributed by atoms with E-state index >= 15 is 0 Å². The first kappa shape index (κ1) is 18.9. The van der Waals surface area contributed by atoms with E-state index in [-0.39, 0.29) is 16.5 Å². The third-order valence-electron chi connectivity index (χ3n) is 4.48. The number of aryl methyl sites for hydroxylation is 2. The van der Waals surface area contributed by atoms with Crippen molar-refractivity contribution in [2.24, 2.45) is 12.0 Å². The zero-order valence-corrected chi connectivity index (χ0v) is 16.5. The second kappa shape index (κ2) is 7.92. The van der Waals surface area contributed by atoms with Gasteiger partial charge in [-0.2, -0.15) is 0 Å². The SMILES string of the molecule is C[n+]1ccn(CCCNc2nn3ccccc3c2N=C2C=C(Cl)C(O)=CC2=O)c1. The fourth-order valence-electron chi connectivity index (χ4n) is 3.06. The number of aromatic nitrogens is 4. The number of nitrogens with zero attached hydrogens (tertiary/aromatic N) is 5. The van der Waals surface area contributed by atoms with Crippen molar-refractivity contribution in [1.82, 2.24) is 14.2 Å². The number of nitrogens with one attached hydrogen (secondary N) is 1. The Bertz CT molecular complexity index is 1170. The van der Waals surface area contributed by atoms with Crippen LogP contribution in [-0.4, -0.2) is 37.3 Å². The molecule has 3 heterocycles. The number of halogens is 1. The van der Waals surface area contributed by atoms with Crippen LogP contribution in [-0.2, 0) is 18.4 Å². The van der Waals surface area contributed by atoms with Crippen LogP contribution in [0.15, 0.2) is 71.1 Å². The molecule has 1 aliphatic rings. The van der Waals surface area contributed by atoms with E-state index in [0.29, 0.717) is 18.1 Å². The van der Waals surface area contributed by atoms with Crippen molar-refractivity contribution in [2.75, 3.05) is 11.9 Å². The third-order valence-corrected chi connectivity index (χ3v) is 4.79. The van der Waals surface area contributed by atoms with E-state index in [9.17, 15) is 9.90 Å². The summed E-state index contributed by atoms with van der Waals surface area (Å²) in [5.74, 6) is -0.0845. The maximum atomic E-state index is 12.2. The number of allylic oxidation sites excluding steroid dienone is 3. The molecule has 1 aliphatic carbocycles. The third kappa shape index (κ3) is 4.07. The van der Waals surface area contributed by atoms with Gasteiger partial charge in [0.15, 0.2) is 5.82 Å². The maximum absolute atomic E-state index is 12.2. The molecule has 0 saturated carbocycles. The molecule has 29 heavy (non-hydrogen) atoms. The predicted molar refractivity (Wildman–Crippen MR) is 111 cm³/mol. The van der Waals surface area contributed by atoms with E-state index in [1.54, 1.807) is 4.52 Å². The Morgan fingerprint density at radius 2 is 2.17 bits per heavy atom. The molecule has 0 radical (unpaired) electrons. The number of aliphatic imine (C=N–C) groups is 1. The number of imidazole rings is 1. The number of carbonyl (C=O) groups is 1. The first-order chi connectivity index (χ1) is 14.0. The molecule has 148 valence electrons. The van der Waals surface area contributed by atoms with Crippen LogP contribution in [0.4, 0.5) is 11.5 Å². The highest BCUT2D eigenvalue weighted by Crippen LogP contribution is 2.31. The summed E-state index contributed by atoms with van der Waals surface area (Å²) in [6.45, 7) is 1.56. The summed E-state index contributed by atoms with van der Waals surface area (Å²) in [7, 11) is 1.99. The lowest BCUT2D eigenvalue weighted by Gasteiger charge is -2.07. The number of aliphatic hydroxyl groups is 1. The van der Waals surface area contributed by atoms with Gasteiger partial charge in [0.05, 0.1) is 24.1 Å². The highest BCUT2D eigenvalue weighted by atomic mass is 35.5. The molecule has 0 atom stereocenters.